The van der Waals surface area contributed by atoms with Crippen LogP contribution in [0.2, 0.25) is 0 Å². The highest BCUT2D eigenvalue weighted by Gasteiger charge is 2.25. The number of aromatic nitrogens is 12. The molecule has 0 fully saturated rings. The van der Waals surface area contributed by atoms with Gasteiger partial charge in [0, 0.05) is 77.5 Å². The van der Waals surface area contributed by atoms with E-state index in [1.807, 2.05) is 60.7 Å². The van der Waals surface area contributed by atoms with Crippen LogP contribution < -0.4 is 0 Å². The predicted octanol–water partition coefficient (Wildman–Crippen LogP) is 20.9. The van der Waals surface area contributed by atoms with E-state index in [1.165, 1.54) is 0 Å². The molecule has 100 heavy (non-hydrogen) atoms. The van der Waals surface area contributed by atoms with Crippen LogP contribution in [0.1, 0.15) is 0 Å². The topological polar surface area (TPSA) is 123 Å². The average Bonchev–Trinajstić information content (AvgIpc) is 1.56. The van der Waals surface area contributed by atoms with Crippen LogP contribution in [0.3, 0.4) is 0 Å². The largest absolute Gasteiger partial charge is 0.294 e. The van der Waals surface area contributed by atoms with Crippen molar-refractivity contribution in [3.63, 3.8) is 0 Å². The van der Waals surface area contributed by atoms with Crippen molar-refractivity contribution in [2.24, 2.45) is 0 Å². The van der Waals surface area contributed by atoms with Gasteiger partial charge in [-0.15, -0.1) is 0 Å². The van der Waals surface area contributed by atoms with Crippen molar-refractivity contribution in [1.82, 2.24) is 58.1 Å². The summed E-state index contributed by atoms with van der Waals surface area (Å²) in [6.07, 6.45) is 0. The fourth-order valence-corrected chi connectivity index (χ4v) is 14.8. The first-order valence-electron chi connectivity index (χ1n) is 33.4. The summed E-state index contributed by atoms with van der Waals surface area (Å²) < 4.78 is 9.02. The van der Waals surface area contributed by atoms with E-state index >= 15 is 0 Å². The van der Waals surface area contributed by atoms with Crippen molar-refractivity contribution in [3.8, 4) is 103 Å². The predicted molar refractivity (Wildman–Crippen MR) is 404 cm³/mol. The van der Waals surface area contributed by atoms with Gasteiger partial charge in [-0.3, -0.25) is 18.3 Å². The van der Waals surface area contributed by atoms with Crippen LogP contribution in [0.4, 0.5) is 0 Å². The third-order valence-electron chi connectivity index (χ3n) is 19.3. The molecule has 0 bridgehead atoms. The van der Waals surface area contributed by atoms with Crippen LogP contribution in [0.25, 0.3) is 190 Å². The Morgan fingerprint density at radius 3 is 0.720 bits per heavy atom. The third-order valence-corrected chi connectivity index (χ3v) is 19.3. The van der Waals surface area contributed by atoms with Gasteiger partial charge in [-0.2, -0.15) is 0 Å². The van der Waals surface area contributed by atoms with Gasteiger partial charge in [0.1, 0.15) is 23.3 Å². The minimum atomic E-state index is 0.355. The van der Waals surface area contributed by atoms with Gasteiger partial charge >= 0.3 is 0 Å². The summed E-state index contributed by atoms with van der Waals surface area (Å²) in [5, 5.41) is 8.84. The molecular formula is C88H54N12. The zero-order chi connectivity index (χ0) is 65.8. The summed E-state index contributed by atoms with van der Waals surface area (Å²) in [5.41, 5.74) is 17.0. The Morgan fingerprint density at radius 1 is 0.150 bits per heavy atom. The summed E-state index contributed by atoms with van der Waals surface area (Å²) in [7, 11) is 0. The first-order valence-corrected chi connectivity index (χ1v) is 33.4. The highest BCUT2D eigenvalue weighted by molar-refractivity contribution is 6.13. The Labute approximate surface area is 572 Å². The lowest BCUT2D eigenvalue weighted by Gasteiger charge is -2.16. The van der Waals surface area contributed by atoms with Crippen LogP contribution in [-0.2, 0) is 0 Å². The Bertz CT molecular complexity index is 6320. The molecule has 20 aromatic rings. The van der Waals surface area contributed by atoms with Crippen molar-refractivity contribution in [3.05, 3.63) is 328 Å². The minimum absolute atomic E-state index is 0.355. The summed E-state index contributed by atoms with van der Waals surface area (Å²) in [6, 6.07) is 114. The summed E-state index contributed by atoms with van der Waals surface area (Å²) in [4.78, 5) is 43.6. The van der Waals surface area contributed by atoms with Gasteiger partial charge in [0.15, 0.2) is 11.6 Å². The van der Waals surface area contributed by atoms with Crippen LogP contribution in [0, 0.1) is 0 Å². The second-order valence-electron chi connectivity index (χ2n) is 25.1. The maximum Gasteiger partial charge on any atom is 0.201 e. The summed E-state index contributed by atoms with van der Waals surface area (Å²) in [5.74, 6) is 4.24. The van der Waals surface area contributed by atoms with E-state index in [0.29, 0.717) is 46.6 Å². The molecule has 0 spiro atoms. The maximum absolute atomic E-state index is 5.71. The van der Waals surface area contributed by atoms with Crippen molar-refractivity contribution in [2.75, 3.05) is 0 Å². The molecule has 0 radical (unpaired) electrons. The van der Waals surface area contributed by atoms with Gasteiger partial charge in [-0.1, -0.05) is 243 Å². The lowest BCUT2D eigenvalue weighted by molar-refractivity contribution is 0.945. The zero-order valence-electron chi connectivity index (χ0n) is 53.5. The van der Waals surface area contributed by atoms with E-state index in [-0.39, 0.29) is 0 Å². The highest BCUT2D eigenvalue weighted by atomic mass is 15.2. The fourth-order valence-electron chi connectivity index (χ4n) is 14.8. The molecule has 20 rings (SSSR count). The van der Waals surface area contributed by atoms with Crippen molar-refractivity contribution in [2.45, 2.75) is 0 Å². The molecular weight excluding hydrogens is 1230 g/mol. The Balaban J connectivity index is 0.782. The van der Waals surface area contributed by atoms with Gasteiger partial charge in [0.05, 0.1) is 66.9 Å². The molecule has 12 heteroatoms. The number of hydrogen-bond acceptors (Lipinski definition) is 8. The molecule has 12 aromatic carbocycles. The van der Waals surface area contributed by atoms with E-state index < -0.39 is 0 Å². The molecule has 12 nitrogen and oxygen atoms in total. The normalized spacial score (nSPS) is 11.8. The van der Waals surface area contributed by atoms with Gasteiger partial charge in [-0.25, -0.2) is 39.9 Å². The molecule has 0 saturated heterocycles. The first kappa shape index (κ1) is 56.5. The lowest BCUT2D eigenvalue weighted by atomic mass is 9.99. The lowest BCUT2D eigenvalue weighted by Crippen LogP contribution is -2.10. The molecule has 0 aliphatic carbocycles. The second kappa shape index (κ2) is 22.9. The maximum atomic E-state index is 5.71. The molecule has 0 saturated carbocycles. The van der Waals surface area contributed by atoms with E-state index in [1.54, 1.807) is 0 Å². The van der Waals surface area contributed by atoms with Gasteiger partial charge in [-0.05, 0) is 83.9 Å². The van der Waals surface area contributed by atoms with E-state index in [9.17, 15) is 0 Å². The van der Waals surface area contributed by atoms with Gasteiger partial charge in [0.25, 0.3) is 0 Å². The number of hydrogen-bond donors (Lipinski definition) is 0. The van der Waals surface area contributed by atoms with E-state index in [2.05, 4.69) is 285 Å². The summed E-state index contributed by atoms with van der Waals surface area (Å²) >= 11 is 0. The second-order valence-corrected chi connectivity index (χ2v) is 25.1. The Morgan fingerprint density at radius 2 is 0.390 bits per heavy atom. The van der Waals surface area contributed by atoms with E-state index in [0.717, 1.165) is 143 Å². The zero-order valence-corrected chi connectivity index (χ0v) is 53.5. The first-order chi connectivity index (χ1) is 49.6. The quantitative estimate of drug-likeness (QED) is 0.125. The third kappa shape index (κ3) is 9.30. The molecule has 0 unspecified atom stereocenters. The van der Waals surface area contributed by atoms with Crippen molar-refractivity contribution >= 4 is 87.2 Å². The number of rotatable bonds is 11. The molecule has 0 aliphatic heterocycles. The van der Waals surface area contributed by atoms with Crippen LogP contribution >= 0.6 is 0 Å². The van der Waals surface area contributed by atoms with Crippen LogP contribution in [0.5, 0.6) is 0 Å². The molecule has 0 atom stereocenters. The molecule has 8 heterocycles. The Hall–Kier alpha value is -13.8. The van der Waals surface area contributed by atoms with Crippen LogP contribution in [-0.4, -0.2) is 58.1 Å². The van der Waals surface area contributed by atoms with Crippen LogP contribution in [0.15, 0.2) is 328 Å². The number of para-hydroxylation sites is 7. The SMILES string of the molecule is c1ccc(-c2cc(-c3ccccc3)nc(-c3nc(-c4ccccc4)cc(-c4cccc(-c5ccc6c(c5)c5ccccc5n6-c5cc(-n6c7ccccc7c7ccccc76)nc(-c6nc(-n7c8ccccc8c8ccccc87)cc(-n7c8ccccc8c8ccccc87)n6)n5)c4)n3)n2)cc1. The smallest absolute Gasteiger partial charge is 0.201 e. The summed E-state index contributed by atoms with van der Waals surface area (Å²) in [6.45, 7) is 0. The standard InChI is InChI=1S/C88H54N12/c1-4-25-55(26-5-1)69-51-70(56-27-6-2-7-28-56)90-85(89-69)86-91-71(57-29-8-3-9-30-57)52-72(92-86)60-32-24-31-58(49-60)59-47-48-80-68(50-59)67-39-16-23-46-79(67)100(80)84-54-83(99-77-44-21-14-37-65(77)66-38-15-22-45-78(66)99)95-88(96-84)87-93-81(97-73-40-17-10-33-61(73)62-34-11-18-41-74(62)97)53-82(94-87)98-75-42-19-12-35-63(75)64-36-13-20-43-76(64)98/h1-54H. The monoisotopic (exact) mass is 1280 g/mol. The van der Waals surface area contributed by atoms with Crippen molar-refractivity contribution < 1.29 is 0 Å². The highest BCUT2D eigenvalue weighted by Crippen LogP contribution is 2.41. The molecule has 0 aliphatic rings. The number of nitrogens with zero attached hydrogens (tertiary/aromatic N) is 12. The molecule has 0 N–H and O–H groups in total. The van der Waals surface area contributed by atoms with E-state index in [4.69, 9.17) is 39.9 Å². The molecule has 8 aromatic heterocycles. The molecule has 466 valence electrons. The number of fused-ring (bicyclic) bond motifs is 12. The van der Waals surface area contributed by atoms with Gasteiger partial charge in [0.2, 0.25) is 11.6 Å². The minimum Gasteiger partial charge on any atom is -0.294 e. The number of benzene rings is 12. The van der Waals surface area contributed by atoms with Gasteiger partial charge < -0.3 is 0 Å². The fraction of sp³-hybridized carbons (Fsp3) is 0. The van der Waals surface area contributed by atoms with Crippen molar-refractivity contribution in [1.29, 1.82) is 0 Å². The average molecular weight is 1280 g/mol. The Kier molecular flexibility index (Phi) is 13.0. The molecule has 0 amide bonds.